The summed E-state index contributed by atoms with van der Waals surface area (Å²) < 4.78 is 2.57. The molecule has 12 rings (SSSR count). The third-order valence-corrected chi connectivity index (χ3v) is 14.8. The maximum absolute atomic E-state index is 2.59. The Labute approximate surface area is 361 Å². The Morgan fingerprint density at radius 2 is 1.10 bits per heavy atom. The molecule has 1 aliphatic heterocycles. The SMILES string of the molecule is CC1(C)c2ccccc2-c2ccc(N(c3ccc4ccccc4c3N3c4ccccc4C(C)(C)c4ccc(-c5ccccc5)cc43)c3cccc4c3sc3ccccc34)cc21. The molecule has 0 N–H and O–H groups in total. The number of para-hydroxylation sites is 1. The van der Waals surface area contributed by atoms with Crippen LogP contribution in [0.1, 0.15) is 49.9 Å². The summed E-state index contributed by atoms with van der Waals surface area (Å²) in [6.45, 7) is 9.53. The van der Waals surface area contributed by atoms with Crippen LogP contribution in [0.2, 0.25) is 0 Å². The minimum Gasteiger partial charge on any atom is -0.307 e. The van der Waals surface area contributed by atoms with E-state index < -0.39 is 0 Å². The number of thiophene rings is 1. The average Bonchev–Trinajstić information content (AvgIpc) is 3.79. The van der Waals surface area contributed by atoms with E-state index in [0.29, 0.717) is 0 Å². The van der Waals surface area contributed by atoms with E-state index in [4.69, 9.17) is 0 Å². The Bertz CT molecular complexity index is 3390. The lowest BCUT2D eigenvalue weighted by Crippen LogP contribution is -2.31. The first kappa shape index (κ1) is 36.0. The van der Waals surface area contributed by atoms with Gasteiger partial charge in [-0.2, -0.15) is 0 Å². The lowest BCUT2D eigenvalue weighted by Gasteiger charge is -2.44. The smallest absolute Gasteiger partial charge is 0.0781 e. The molecular weight excluding hydrogens is 757 g/mol. The molecule has 292 valence electrons. The molecule has 0 bridgehead atoms. The van der Waals surface area contributed by atoms with E-state index in [1.807, 2.05) is 11.3 Å². The van der Waals surface area contributed by atoms with Crippen molar-refractivity contribution in [1.82, 2.24) is 0 Å². The van der Waals surface area contributed by atoms with Crippen molar-refractivity contribution in [2.75, 3.05) is 9.80 Å². The summed E-state index contributed by atoms with van der Waals surface area (Å²) in [5.74, 6) is 0. The lowest BCUT2D eigenvalue weighted by atomic mass is 9.73. The van der Waals surface area contributed by atoms with Gasteiger partial charge in [-0.1, -0.05) is 179 Å². The van der Waals surface area contributed by atoms with Crippen LogP contribution in [0.15, 0.2) is 194 Å². The fourth-order valence-electron chi connectivity index (χ4n) is 10.6. The van der Waals surface area contributed by atoms with Crippen molar-refractivity contribution in [3.05, 3.63) is 216 Å². The van der Waals surface area contributed by atoms with E-state index in [1.54, 1.807) is 0 Å². The van der Waals surface area contributed by atoms with Gasteiger partial charge in [0.15, 0.2) is 0 Å². The highest BCUT2D eigenvalue weighted by atomic mass is 32.1. The molecule has 3 heteroatoms. The van der Waals surface area contributed by atoms with Crippen LogP contribution in [0.3, 0.4) is 0 Å². The van der Waals surface area contributed by atoms with Crippen molar-refractivity contribution in [3.8, 4) is 22.3 Å². The van der Waals surface area contributed by atoms with Gasteiger partial charge in [0.05, 0.1) is 33.1 Å². The fraction of sp³-hybridized carbons (Fsp3) is 0.103. The summed E-state index contributed by atoms with van der Waals surface area (Å²) in [7, 11) is 0. The van der Waals surface area contributed by atoms with Crippen LogP contribution in [-0.4, -0.2) is 0 Å². The number of hydrogen-bond acceptors (Lipinski definition) is 3. The van der Waals surface area contributed by atoms with Gasteiger partial charge < -0.3 is 9.80 Å². The Hall–Kier alpha value is -6.94. The second kappa shape index (κ2) is 13.3. The molecule has 2 aliphatic rings. The zero-order valence-corrected chi connectivity index (χ0v) is 35.6. The molecule has 1 aliphatic carbocycles. The van der Waals surface area contributed by atoms with Crippen LogP contribution in [0.5, 0.6) is 0 Å². The number of nitrogens with zero attached hydrogens (tertiary/aromatic N) is 2. The Kier molecular flexibility index (Phi) is 7.83. The van der Waals surface area contributed by atoms with Gasteiger partial charge in [0.2, 0.25) is 0 Å². The predicted molar refractivity (Wildman–Crippen MR) is 261 cm³/mol. The minimum atomic E-state index is -0.231. The molecule has 9 aromatic carbocycles. The third-order valence-electron chi connectivity index (χ3n) is 13.6. The molecule has 0 saturated carbocycles. The highest BCUT2D eigenvalue weighted by Crippen LogP contribution is 2.58. The van der Waals surface area contributed by atoms with Crippen LogP contribution in [0.4, 0.5) is 34.1 Å². The minimum absolute atomic E-state index is 0.159. The van der Waals surface area contributed by atoms with Crippen molar-refractivity contribution in [3.63, 3.8) is 0 Å². The fourth-order valence-corrected chi connectivity index (χ4v) is 11.8. The van der Waals surface area contributed by atoms with E-state index in [-0.39, 0.29) is 10.8 Å². The van der Waals surface area contributed by atoms with Gasteiger partial charge >= 0.3 is 0 Å². The molecule has 0 atom stereocenters. The highest BCUT2D eigenvalue weighted by molar-refractivity contribution is 7.26. The quantitative estimate of drug-likeness (QED) is 0.171. The predicted octanol–water partition coefficient (Wildman–Crippen LogP) is 16.8. The third kappa shape index (κ3) is 5.27. The van der Waals surface area contributed by atoms with Crippen LogP contribution in [-0.2, 0) is 10.8 Å². The number of benzene rings is 9. The van der Waals surface area contributed by atoms with E-state index >= 15 is 0 Å². The molecule has 61 heavy (non-hydrogen) atoms. The molecule has 10 aromatic rings. The first-order chi connectivity index (χ1) is 29.8. The molecule has 1 aromatic heterocycles. The van der Waals surface area contributed by atoms with Crippen molar-refractivity contribution in [2.45, 2.75) is 38.5 Å². The van der Waals surface area contributed by atoms with Crippen molar-refractivity contribution < 1.29 is 0 Å². The van der Waals surface area contributed by atoms with Gasteiger partial charge in [0.1, 0.15) is 0 Å². The summed E-state index contributed by atoms with van der Waals surface area (Å²) in [5.41, 5.74) is 17.0. The summed E-state index contributed by atoms with van der Waals surface area (Å²) in [5, 5.41) is 4.98. The Balaban J connectivity index is 1.20. The van der Waals surface area contributed by atoms with E-state index in [2.05, 4.69) is 232 Å². The van der Waals surface area contributed by atoms with Gasteiger partial charge in [-0.3, -0.25) is 0 Å². The molecular formula is C58H44N2S. The topological polar surface area (TPSA) is 6.48 Å². The van der Waals surface area contributed by atoms with Crippen molar-refractivity contribution >= 4 is 76.4 Å². The Morgan fingerprint density at radius 1 is 0.426 bits per heavy atom. The molecule has 2 heterocycles. The van der Waals surface area contributed by atoms with Gasteiger partial charge in [0, 0.05) is 37.4 Å². The molecule has 2 nitrogen and oxygen atoms in total. The van der Waals surface area contributed by atoms with E-state index in [9.17, 15) is 0 Å². The lowest BCUT2D eigenvalue weighted by molar-refractivity contribution is 0.632. The monoisotopic (exact) mass is 800 g/mol. The van der Waals surface area contributed by atoms with Crippen molar-refractivity contribution in [2.24, 2.45) is 0 Å². The van der Waals surface area contributed by atoms with Crippen LogP contribution in [0, 0.1) is 0 Å². The second-order valence-electron chi connectivity index (χ2n) is 17.7. The zero-order chi connectivity index (χ0) is 41.0. The maximum atomic E-state index is 2.59. The number of hydrogen-bond donors (Lipinski definition) is 0. The largest absolute Gasteiger partial charge is 0.307 e. The summed E-state index contributed by atoms with van der Waals surface area (Å²) in [6.07, 6.45) is 0. The first-order valence-electron chi connectivity index (χ1n) is 21.4. The molecule has 0 saturated heterocycles. The molecule has 0 amide bonds. The molecule has 0 unspecified atom stereocenters. The second-order valence-corrected chi connectivity index (χ2v) is 18.8. The van der Waals surface area contributed by atoms with Gasteiger partial charge in [0.25, 0.3) is 0 Å². The number of anilines is 6. The van der Waals surface area contributed by atoms with Crippen LogP contribution >= 0.6 is 11.3 Å². The van der Waals surface area contributed by atoms with Crippen LogP contribution < -0.4 is 9.80 Å². The van der Waals surface area contributed by atoms with Gasteiger partial charge in [-0.05, 0) is 92.4 Å². The number of fused-ring (bicyclic) bond motifs is 9. The maximum Gasteiger partial charge on any atom is 0.0781 e. The van der Waals surface area contributed by atoms with Crippen LogP contribution in [0.25, 0.3) is 53.2 Å². The normalized spacial score (nSPS) is 14.5. The summed E-state index contributed by atoms with van der Waals surface area (Å²) in [6, 6.07) is 72.5. The molecule has 0 radical (unpaired) electrons. The zero-order valence-electron chi connectivity index (χ0n) is 34.8. The Morgan fingerprint density at radius 3 is 1.97 bits per heavy atom. The highest BCUT2D eigenvalue weighted by Gasteiger charge is 2.40. The van der Waals surface area contributed by atoms with Crippen molar-refractivity contribution in [1.29, 1.82) is 0 Å². The van der Waals surface area contributed by atoms with Gasteiger partial charge in [-0.15, -0.1) is 11.3 Å². The van der Waals surface area contributed by atoms with E-state index in [1.165, 1.54) is 92.5 Å². The molecule has 0 fully saturated rings. The standard InChI is InChI=1S/C58H44N2S/c1-57(2)46-24-12-10-21-42(46)43-32-31-40(36-49(43)57)59(52-27-16-23-45-44-22-11-15-28-54(44)61-56(45)52)51-34-30-38-19-8-9-20-41(38)55(51)60-50-26-14-13-25-47(50)58(3,4)48-33-29-39(35-53(48)60)37-17-6-5-7-18-37/h5-36H,1-4H3. The average molecular weight is 801 g/mol. The first-order valence-corrected chi connectivity index (χ1v) is 22.2. The summed E-state index contributed by atoms with van der Waals surface area (Å²) in [4.78, 5) is 5.16. The molecule has 0 spiro atoms. The van der Waals surface area contributed by atoms with E-state index in [0.717, 1.165) is 17.1 Å². The summed E-state index contributed by atoms with van der Waals surface area (Å²) >= 11 is 1.89. The number of rotatable bonds is 5. The van der Waals surface area contributed by atoms with Gasteiger partial charge in [-0.25, -0.2) is 0 Å².